The van der Waals surface area contributed by atoms with Crippen LogP contribution in [0.5, 0.6) is 0 Å². The van der Waals surface area contributed by atoms with E-state index in [4.69, 9.17) is 11.5 Å². The third-order valence-electron chi connectivity index (χ3n) is 2.60. The minimum atomic E-state index is -0.899. The van der Waals surface area contributed by atoms with Gasteiger partial charge in [0.15, 0.2) is 0 Å². The predicted octanol–water partition coefficient (Wildman–Crippen LogP) is 2.98. The molecule has 2 nitrogen and oxygen atoms in total. The molecule has 0 amide bonds. The molecule has 0 spiro atoms. The molecular weight excluding hydrogens is 224 g/mol. The zero-order valence-electron chi connectivity index (χ0n) is 12.7. The van der Waals surface area contributed by atoms with Crippen LogP contribution in [0, 0.1) is 30.1 Å². The first kappa shape index (κ1) is 19.4. The van der Waals surface area contributed by atoms with Crippen molar-refractivity contribution >= 4 is 0 Å². The van der Waals surface area contributed by atoms with Crippen LogP contribution in [-0.4, -0.2) is 21.4 Å². The maximum absolute atomic E-state index is 9.34. The fraction of sp³-hybridized carbons (Fsp3) is 0.750. The summed E-state index contributed by atoms with van der Waals surface area (Å²) >= 11 is 0. The van der Waals surface area contributed by atoms with Crippen molar-refractivity contribution in [3.05, 3.63) is 0 Å². The maximum atomic E-state index is 9.34. The van der Waals surface area contributed by atoms with Gasteiger partial charge in [0.25, 0.3) is 0 Å². The second-order valence-corrected chi connectivity index (χ2v) is 5.35. The molecule has 2 N–H and O–H groups in total. The molecule has 0 rings (SSSR count). The zero-order valence-corrected chi connectivity index (χ0v) is 12.7. The third kappa shape index (κ3) is 13.1. The standard InChI is InChI=1S/C9H16O.C7H12O/c1-5-9(4,10)7-6-8(2)3;1-4-6-7(3,8)5-2/h1,8,10H,6-7H2,2-4H3;8H,5H2,1-3H3. The van der Waals surface area contributed by atoms with Crippen molar-refractivity contribution in [2.75, 3.05) is 0 Å². The van der Waals surface area contributed by atoms with Gasteiger partial charge < -0.3 is 10.2 Å². The first-order valence-corrected chi connectivity index (χ1v) is 6.46. The third-order valence-corrected chi connectivity index (χ3v) is 2.60. The summed E-state index contributed by atoms with van der Waals surface area (Å²) in [5.41, 5.74) is -1.67. The number of hydrogen-bond acceptors (Lipinski definition) is 2. The van der Waals surface area contributed by atoms with Gasteiger partial charge in [0.1, 0.15) is 11.2 Å². The molecule has 2 atom stereocenters. The Morgan fingerprint density at radius 3 is 1.89 bits per heavy atom. The average Bonchev–Trinajstić information content (AvgIpc) is 2.27. The molecule has 0 aliphatic carbocycles. The van der Waals surface area contributed by atoms with E-state index in [9.17, 15) is 5.11 Å². The van der Waals surface area contributed by atoms with E-state index in [0.717, 1.165) is 6.42 Å². The van der Waals surface area contributed by atoms with Gasteiger partial charge in [-0.2, -0.15) is 0 Å². The molecular formula is C16H28O2. The molecule has 2 unspecified atom stereocenters. The van der Waals surface area contributed by atoms with Crippen LogP contribution in [0.25, 0.3) is 0 Å². The van der Waals surface area contributed by atoms with E-state index < -0.39 is 11.2 Å². The molecule has 104 valence electrons. The van der Waals surface area contributed by atoms with Crippen molar-refractivity contribution in [3.63, 3.8) is 0 Å². The lowest BCUT2D eigenvalue weighted by molar-refractivity contribution is 0.105. The fourth-order valence-corrected chi connectivity index (χ4v) is 1.000. The van der Waals surface area contributed by atoms with E-state index in [2.05, 4.69) is 31.6 Å². The Morgan fingerprint density at radius 1 is 1.17 bits per heavy atom. The number of rotatable bonds is 4. The van der Waals surface area contributed by atoms with Gasteiger partial charge in [0.05, 0.1) is 0 Å². The lowest BCUT2D eigenvalue weighted by Crippen LogP contribution is -2.21. The zero-order chi connectivity index (χ0) is 14.8. The Bertz CT molecular complexity index is 308. The van der Waals surface area contributed by atoms with Gasteiger partial charge in [0.2, 0.25) is 0 Å². The van der Waals surface area contributed by atoms with E-state index in [1.54, 1.807) is 20.8 Å². The number of terminal acetylenes is 1. The molecule has 0 aliphatic rings. The largest absolute Gasteiger partial charge is 0.378 e. The van der Waals surface area contributed by atoms with Gasteiger partial charge in [-0.15, -0.1) is 12.3 Å². The quantitative estimate of drug-likeness (QED) is 0.755. The number of hydrogen-bond donors (Lipinski definition) is 2. The highest BCUT2D eigenvalue weighted by atomic mass is 16.3. The van der Waals surface area contributed by atoms with Crippen LogP contribution in [0.15, 0.2) is 0 Å². The molecule has 0 aromatic heterocycles. The molecule has 0 saturated carbocycles. The molecule has 0 heterocycles. The minimum Gasteiger partial charge on any atom is -0.378 e. The summed E-state index contributed by atoms with van der Waals surface area (Å²) in [6, 6.07) is 0. The molecule has 0 aliphatic heterocycles. The smallest absolute Gasteiger partial charge is 0.122 e. The van der Waals surface area contributed by atoms with Crippen LogP contribution in [0.3, 0.4) is 0 Å². The summed E-state index contributed by atoms with van der Waals surface area (Å²) in [4.78, 5) is 0. The van der Waals surface area contributed by atoms with Gasteiger partial charge in [-0.05, 0) is 46.0 Å². The highest BCUT2D eigenvalue weighted by Gasteiger charge is 2.15. The molecule has 0 radical (unpaired) electrons. The Kier molecular flexibility index (Phi) is 9.73. The van der Waals surface area contributed by atoms with Crippen LogP contribution in [0.1, 0.15) is 60.8 Å². The fourth-order valence-electron chi connectivity index (χ4n) is 1.000. The van der Waals surface area contributed by atoms with Crippen LogP contribution in [0.4, 0.5) is 0 Å². The van der Waals surface area contributed by atoms with Gasteiger partial charge in [0, 0.05) is 0 Å². The van der Waals surface area contributed by atoms with Crippen LogP contribution < -0.4 is 0 Å². The SMILES string of the molecule is C#CC(C)(O)CCC(C)C.CC#CC(C)(O)CC. The molecule has 0 saturated heterocycles. The van der Waals surface area contributed by atoms with E-state index in [0.29, 0.717) is 18.8 Å². The van der Waals surface area contributed by atoms with Crippen LogP contribution >= 0.6 is 0 Å². The minimum absolute atomic E-state index is 0.611. The topological polar surface area (TPSA) is 40.5 Å². The average molecular weight is 252 g/mol. The molecule has 0 aromatic carbocycles. The van der Waals surface area contributed by atoms with Gasteiger partial charge >= 0.3 is 0 Å². The van der Waals surface area contributed by atoms with E-state index in [-0.39, 0.29) is 0 Å². The second kappa shape index (κ2) is 9.03. The highest BCUT2D eigenvalue weighted by molar-refractivity contribution is 5.09. The summed E-state index contributed by atoms with van der Waals surface area (Å²) in [5, 5.41) is 18.5. The Balaban J connectivity index is 0. The summed E-state index contributed by atoms with van der Waals surface area (Å²) in [6.45, 7) is 11.3. The second-order valence-electron chi connectivity index (χ2n) is 5.35. The highest BCUT2D eigenvalue weighted by Crippen LogP contribution is 2.14. The van der Waals surface area contributed by atoms with Gasteiger partial charge in [-0.25, -0.2) is 0 Å². The van der Waals surface area contributed by atoms with Gasteiger partial charge in [-0.1, -0.05) is 32.6 Å². The summed E-state index contributed by atoms with van der Waals surface area (Å²) in [6.07, 6.45) is 7.46. The van der Waals surface area contributed by atoms with E-state index >= 15 is 0 Å². The molecule has 0 bridgehead atoms. The van der Waals surface area contributed by atoms with Crippen LogP contribution in [0.2, 0.25) is 0 Å². The van der Waals surface area contributed by atoms with Gasteiger partial charge in [-0.3, -0.25) is 0 Å². The molecule has 0 fully saturated rings. The normalized spacial score (nSPS) is 16.2. The van der Waals surface area contributed by atoms with Crippen molar-refractivity contribution in [3.8, 4) is 24.2 Å². The molecule has 18 heavy (non-hydrogen) atoms. The van der Waals surface area contributed by atoms with Crippen molar-refractivity contribution < 1.29 is 10.2 Å². The lowest BCUT2D eigenvalue weighted by Gasteiger charge is -2.16. The Morgan fingerprint density at radius 2 is 1.67 bits per heavy atom. The first-order chi connectivity index (χ1) is 8.10. The predicted molar refractivity (Wildman–Crippen MR) is 77.9 cm³/mol. The molecule has 0 aromatic rings. The number of aliphatic hydroxyl groups is 2. The maximum Gasteiger partial charge on any atom is 0.122 e. The summed E-state index contributed by atoms with van der Waals surface area (Å²) in [5.74, 6) is 8.30. The lowest BCUT2D eigenvalue weighted by atomic mass is 9.96. The Hall–Kier alpha value is -0.960. The molecule has 2 heteroatoms. The van der Waals surface area contributed by atoms with Crippen molar-refractivity contribution in [2.24, 2.45) is 5.92 Å². The van der Waals surface area contributed by atoms with E-state index in [1.165, 1.54) is 0 Å². The van der Waals surface area contributed by atoms with Crippen LogP contribution in [-0.2, 0) is 0 Å². The monoisotopic (exact) mass is 252 g/mol. The first-order valence-electron chi connectivity index (χ1n) is 6.46. The Labute approximate surface area is 113 Å². The van der Waals surface area contributed by atoms with E-state index in [1.807, 2.05) is 6.92 Å². The summed E-state index contributed by atoms with van der Waals surface area (Å²) in [7, 11) is 0. The van der Waals surface area contributed by atoms with Crippen molar-refractivity contribution in [1.29, 1.82) is 0 Å². The summed E-state index contributed by atoms with van der Waals surface area (Å²) < 4.78 is 0. The van der Waals surface area contributed by atoms with Crippen molar-refractivity contribution in [1.82, 2.24) is 0 Å². The van der Waals surface area contributed by atoms with Crippen molar-refractivity contribution in [2.45, 2.75) is 72.0 Å².